The van der Waals surface area contributed by atoms with Crippen LogP contribution >= 0.6 is 0 Å². The highest BCUT2D eigenvalue weighted by Crippen LogP contribution is 2.39. The lowest BCUT2D eigenvalue weighted by Crippen LogP contribution is -2.53. The molecule has 0 amide bonds. The van der Waals surface area contributed by atoms with Crippen LogP contribution in [0, 0.1) is 11.3 Å². The summed E-state index contributed by atoms with van der Waals surface area (Å²) in [5.41, 5.74) is 0.450. The van der Waals surface area contributed by atoms with Gasteiger partial charge in [0.15, 0.2) is 0 Å². The van der Waals surface area contributed by atoms with Gasteiger partial charge in [-0.15, -0.1) is 0 Å². The van der Waals surface area contributed by atoms with Crippen molar-refractivity contribution in [3.63, 3.8) is 0 Å². The highest BCUT2D eigenvalue weighted by Gasteiger charge is 2.38. The first-order valence-corrected chi connectivity index (χ1v) is 8.50. The summed E-state index contributed by atoms with van der Waals surface area (Å²) in [5, 5.41) is 3.62. The molecule has 0 aromatic rings. The maximum atomic E-state index is 3.62. The molecule has 1 saturated heterocycles. The van der Waals surface area contributed by atoms with Crippen LogP contribution in [0.2, 0.25) is 0 Å². The van der Waals surface area contributed by atoms with Gasteiger partial charge in [-0.2, -0.15) is 0 Å². The van der Waals surface area contributed by atoms with Gasteiger partial charge in [0.25, 0.3) is 0 Å². The molecule has 2 rings (SSSR count). The molecule has 3 heteroatoms. The minimum Gasteiger partial charge on any atom is -0.316 e. The van der Waals surface area contributed by atoms with Crippen molar-refractivity contribution in [3.05, 3.63) is 0 Å². The molecule has 0 aromatic carbocycles. The van der Waals surface area contributed by atoms with E-state index < -0.39 is 0 Å². The number of nitrogens with one attached hydrogen (secondary N) is 1. The van der Waals surface area contributed by atoms with Crippen molar-refractivity contribution >= 4 is 0 Å². The Morgan fingerprint density at radius 2 is 1.85 bits per heavy atom. The first kappa shape index (κ1) is 16.3. The van der Waals surface area contributed by atoms with Gasteiger partial charge < -0.3 is 15.1 Å². The highest BCUT2D eigenvalue weighted by molar-refractivity contribution is 4.94. The Bertz CT molecular complexity index is 295. The SMILES string of the molecule is CNC1C(CN(C)C2CCN(C)CC2)CCCC1(C)C. The molecule has 0 bridgehead atoms. The summed E-state index contributed by atoms with van der Waals surface area (Å²) in [7, 11) is 6.75. The smallest absolute Gasteiger partial charge is 0.0156 e. The van der Waals surface area contributed by atoms with Gasteiger partial charge in [-0.05, 0) is 71.2 Å². The van der Waals surface area contributed by atoms with E-state index in [4.69, 9.17) is 0 Å². The number of piperidine rings is 1. The molecule has 2 atom stereocenters. The van der Waals surface area contributed by atoms with E-state index in [1.165, 1.54) is 51.7 Å². The van der Waals surface area contributed by atoms with E-state index in [2.05, 4.69) is 50.1 Å². The van der Waals surface area contributed by atoms with Crippen molar-refractivity contribution in [1.29, 1.82) is 0 Å². The van der Waals surface area contributed by atoms with Crippen LogP contribution < -0.4 is 5.32 Å². The second-order valence-corrected chi connectivity index (χ2v) is 7.88. The van der Waals surface area contributed by atoms with Gasteiger partial charge in [-0.1, -0.05) is 20.3 Å². The molecular formula is C17H35N3. The fraction of sp³-hybridized carbons (Fsp3) is 1.00. The first-order chi connectivity index (χ1) is 9.44. The van der Waals surface area contributed by atoms with Crippen LogP contribution in [0.4, 0.5) is 0 Å². The Kier molecular flexibility index (Phi) is 5.49. The van der Waals surface area contributed by atoms with Crippen molar-refractivity contribution in [2.45, 2.75) is 58.0 Å². The monoisotopic (exact) mass is 281 g/mol. The standard InChI is InChI=1S/C17H35N3/c1-17(2)10-6-7-14(16(17)18-3)13-20(5)15-8-11-19(4)12-9-15/h14-16,18H,6-13H2,1-5H3. The molecule has 2 aliphatic rings. The van der Waals surface area contributed by atoms with Crippen LogP contribution in [0.5, 0.6) is 0 Å². The molecule has 1 saturated carbocycles. The summed E-state index contributed by atoms with van der Waals surface area (Å²) in [5.74, 6) is 0.813. The minimum absolute atomic E-state index is 0.450. The summed E-state index contributed by atoms with van der Waals surface area (Å²) in [6.45, 7) is 8.68. The molecule has 1 N–H and O–H groups in total. The van der Waals surface area contributed by atoms with E-state index in [1.807, 2.05) is 0 Å². The number of rotatable bonds is 4. The fourth-order valence-electron chi connectivity index (χ4n) is 4.56. The average Bonchev–Trinajstić information content (AvgIpc) is 2.38. The third-order valence-electron chi connectivity index (χ3n) is 5.85. The number of likely N-dealkylation sites (tertiary alicyclic amines) is 1. The molecule has 118 valence electrons. The molecule has 0 radical (unpaired) electrons. The Balaban J connectivity index is 1.90. The summed E-state index contributed by atoms with van der Waals surface area (Å²) >= 11 is 0. The number of nitrogens with zero attached hydrogens (tertiary/aromatic N) is 2. The summed E-state index contributed by atoms with van der Waals surface area (Å²) in [6.07, 6.45) is 6.84. The maximum absolute atomic E-state index is 3.62. The lowest BCUT2D eigenvalue weighted by Gasteiger charge is -2.46. The van der Waals surface area contributed by atoms with E-state index in [0.717, 1.165) is 12.0 Å². The van der Waals surface area contributed by atoms with E-state index >= 15 is 0 Å². The Labute approximate surface area is 126 Å². The maximum Gasteiger partial charge on any atom is 0.0156 e. The lowest BCUT2D eigenvalue weighted by molar-refractivity contribution is 0.0647. The van der Waals surface area contributed by atoms with Gasteiger partial charge in [0, 0.05) is 18.6 Å². The molecule has 2 unspecified atom stereocenters. The summed E-state index contributed by atoms with van der Waals surface area (Å²) in [6, 6.07) is 1.47. The number of hydrogen-bond donors (Lipinski definition) is 1. The third kappa shape index (κ3) is 3.75. The molecule has 1 heterocycles. The second-order valence-electron chi connectivity index (χ2n) is 7.88. The van der Waals surface area contributed by atoms with E-state index in [-0.39, 0.29) is 0 Å². The summed E-state index contributed by atoms with van der Waals surface area (Å²) in [4.78, 5) is 5.12. The van der Waals surface area contributed by atoms with Gasteiger partial charge in [0.1, 0.15) is 0 Å². The molecule has 2 fully saturated rings. The van der Waals surface area contributed by atoms with E-state index in [0.29, 0.717) is 11.5 Å². The Hall–Kier alpha value is -0.120. The third-order valence-corrected chi connectivity index (χ3v) is 5.85. The normalized spacial score (nSPS) is 32.7. The summed E-state index contributed by atoms with van der Waals surface area (Å²) < 4.78 is 0. The zero-order valence-corrected chi connectivity index (χ0v) is 14.3. The molecule has 0 aromatic heterocycles. The van der Waals surface area contributed by atoms with Gasteiger partial charge in [-0.3, -0.25) is 0 Å². The number of hydrogen-bond acceptors (Lipinski definition) is 3. The second kappa shape index (κ2) is 6.76. The molecule has 1 aliphatic carbocycles. The molecule has 0 spiro atoms. The van der Waals surface area contributed by atoms with Crippen LogP contribution in [0.1, 0.15) is 46.0 Å². The van der Waals surface area contributed by atoms with Crippen molar-refractivity contribution < 1.29 is 0 Å². The van der Waals surface area contributed by atoms with Gasteiger partial charge in [0.2, 0.25) is 0 Å². The van der Waals surface area contributed by atoms with Crippen LogP contribution in [-0.2, 0) is 0 Å². The Morgan fingerprint density at radius 3 is 2.45 bits per heavy atom. The van der Waals surface area contributed by atoms with Crippen LogP contribution in [0.3, 0.4) is 0 Å². The first-order valence-electron chi connectivity index (χ1n) is 8.50. The predicted molar refractivity (Wildman–Crippen MR) is 87.1 cm³/mol. The quantitative estimate of drug-likeness (QED) is 0.854. The van der Waals surface area contributed by atoms with E-state index in [1.54, 1.807) is 0 Å². The lowest BCUT2D eigenvalue weighted by atomic mass is 9.67. The van der Waals surface area contributed by atoms with Crippen molar-refractivity contribution in [2.75, 3.05) is 40.8 Å². The molecular weight excluding hydrogens is 246 g/mol. The molecule has 3 nitrogen and oxygen atoms in total. The van der Waals surface area contributed by atoms with Crippen molar-refractivity contribution in [1.82, 2.24) is 15.1 Å². The van der Waals surface area contributed by atoms with E-state index in [9.17, 15) is 0 Å². The minimum atomic E-state index is 0.450. The fourth-order valence-corrected chi connectivity index (χ4v) is 4.56. The topological polar surface area (TPSA) is 18.5 Å². The zero-order valence-electron chi connectivity index (χ0n) is 14.3. The van der Waals surface area contributed by atoms with Crippen LogP contribution in [0.25, 0.3) is 0 Å². The predicted octanol–water partition coefficient (Wildman–Crippen LogP) is 2.43. The van der Waals surface area contributed by atoms with Gasteiger partial charge >= 0.3 is 0 Å². The van der Waals surface area contributed by atoms with Crippen LogP contribution in [0.15, 0.2) is 0 Å². The molecule has 1 aliphatic heterocycles. The average molecular weight is 281 g/mol. The van der Waals surface area contributed by atoms with Gasteiger partial charge in [0.05, 0.1) is 0 Å². The van der Waals surface area contributed by atoms with Crippen molar-refractivity contribution in [3.8, 4) is 0 Å². The van der Waals surface area contributed by atoms with Gasteiger partial charge in [-0.25, -0.2) is 0 Å². The Morgan fingerprint density at radius 1 is 1.20 bits per heavy atom. The zero-order chi connectivity index (χ0) is 14.8. The highest BCUT2D eigenvalue weighted by atomic mass is 15.2. The van der Waals surface area contributed by atoms with Crippen molar-refractivity contribution in [2.24, 2.45) is 11.3 Å². The largest absolute Gasteiger partial charge is 0.316 e. The van der Waals surface area contributed by atoms with Crippen LogP contribution in [-0.4, -0.2) is 62.7 Å². The molecule has 20 heavy (non-hydrogen) atoms.